The fourth-order valence-corrected chi connectivity index (χ4v) is 3.16. The molecule has 0 aliphatic rings. The second-order valence-corrected chi connectivity index (χ2v) is 6.27. The Labute approximate surface area is 122 Å². The van der Waals surface area contributed by atoms with Crippen molar-refractivity contribution in [1.29, 1.82) is 5.26 Å². The van der Waals surface area contributed by atoms with Crippen LogP contribution in [0.25, 0.3) is 17.1 Å². The zero-order valence-electron chi connectivity index (χ0n) is 10.4. The molecule has 7 heteroatoms. The van der Waals surface area contributed by atoms with E-state index < -0.39 is 0 Å². The Kier molecular flexibility index (Phi) is 3.18. The number of hydrogen-bond donors (Lipinski definition) is 0. The average molecular weight is 300 g/mol. The molecule has 0 spiro atoms. The lowest BCUT2D eigenvalue weighted by Gasteiger charge is -1.93. The van der Waals surface area contributed by atoms with Crippen LogP contribution in [0.1, 0.15) is 20.5 Å². The molecule has 98 valence electrons. The van der Waals surface area contributed by atoms with Gasteiger partial charge in [0.2, 0.25) is 0 Å². The first-order chi connectivity index (χ1) is 9.65. The van der Waals surface area contributed by atoms with Gasteiger partial charge in [0.05, 0.1) is 10.7 Å². The Morgan fingerprint density at radius 2 is 2.25 bits per heavy atom. The van der Waals surface area contributed by atoms with Crippen LogP contribution in [0.15, 0.2) is 23.3 Å². The van der Waals surface area contributed by atoms with Gasteiger partial charge in [0.15, 0.2) is 4.96 Å². The third kappa shape index (κ3) is 2.39. The highest BCUT2D eigenvalue weighted by molar-refractivity contribution is 7.17. The molecular weight excluding hydrogens is 292 g/mol. The molecular formula is C13H8N4OS2. The lowest BCUT2D eigenvalue weighted by Crippen LogP contribution is -2.11. The Bertz CT molecular complexity index is 910. The molecule has 0 bridgehead atoms. The Hall–Kier alpha value is -2.30. The van der Waals surface area contributed by atoms with Crippen molar-refractivity contribution in [2.24, 2.45) is 0 Å². The van der Waals surface area contributed by atoms with Gasteiger partial charge in [-0.3, -0.25) is 9.20 Å². The van der Waals surface area contributed by atoms with Crippen molar-refractivity contribution in [2.45, 2.75) is 6.92 Å². The molecule has 0 radical (unpaired) electrons. The lowest BCUT2D eigenvalue weighted by atomic mass is 10.3. The van der Waals surface area contributed by atoms with Gasteiger partial charge in [0, 0.05) is 23.3 Å². The SMILES string of the molecule is Cc1ncc(C=Cc2cc(=O)n3cc(C#N)sc3n2)s1. The van der Waals surface area contributed by atoms with E-state index in [9.17, 15) is 4.79 Å². The first-order valence-corrected chi connectivity index (χ1v) is 7.33. The highest BCUT2D eigenvalue weighted by Gasteiger charge is 2.05. The maximum Gasteiger partial charge on any atom is 0.259 e. The van der Waals surface area contributed by atoms with E-state index in [2.05, 4.69) is 9.97 Å². The monoisotopic (exact) mass is 300 g/mol. The van der Waals surface area contributed by atoms with E-state index in [4.69, 9.17) is 5.26 Å². The van der Waals surface area contributed by atoms with Gasteiger partial charge in [0.25, 0.3) is 5.56 Å². The van der Waals surface area contributed by atoms with Crippen LogP contribution in [0, 0.1) is 18.3 Å². The molecule has 0 N–H and O–H groups in total. The number of thiazole rings is 2. The number of aryl methyl sites for hydroxylation is 1. The summed E-state index contributed by atoms with van der Waals surface area (Å²) < 4.78 is 1.39. The fourth-order valence-electron chi connectivity index (χ4n) is 1.68. The van der Waals surface area contributed by atoms with Gasteiger partial charge in [-0.05, 0) is 19.1 Å². The van der Waals surface area contributed by atoms with Gasteiger partial charge < -0.3 is 0 Å². The van der Waals surface area contributed by atoms with Crippen molar-refractivity contribution in [1.82, 2.24) is 14.4 Å². The molecule has 0 aliphatic carbocycles. The maximum absolute atomic E-state index is 11.9. The molecule has 0 unspecified atom stereocenters. The fraction of sp³-hybridized carbons (Fsp3) is 0.0769. The minimum atomic E-state index is -0.187. The van der Waals surface area contributed by atoms with Crippen LogP contribution in [0.3, 0.4) is 0 Å². The summed E-state index contributed by atoms with van der Waals surface area (Å²) in [6, 6.07) is 3.47. The minimum absolute atomic E-state index is 0.187. The molecule has 0 aliphatic heterocycles. The van der Waals surface area contributed by atoms with Gasteiger partial charge in [-0.25, -0.2) is 9.97 Å². The molecule has 0 atom stereocenters. The summed E-state index contributed by atoms with van der Waals surface area (Å²) in [6.07, 6.45) is 6.94. The van der Waals surface area contributed by atoms with E-state index in [1.165, 1.54) is 28.0 Å². The molecule has 3 heterocycles. The smallest absolute Gasteiger partial charge is 0.259 e. The van der Waals surface area contributed by atoms with Gasteiger partial charge in [-0.1, -0.05) is 11.3 Å². The molecule has 0 amide bonds. The van der Waals surface area contributed by atoms with Crippen LogP contribution in [-0.2, 0) is 0 Å². The van der Waals surface area contributed by atoms with Crippen molar-refractivity contribution in [2.75, 3.05) is 0 Å². The molecule has 20 heavy (non-hydrogen) atoms. The molecule has 3 rings (SSSR count). The van der Waals surface area contributed by atoms with Gasteiger partial charge in [-0.2, -0.15) is 5.26 Å². The van der Waals surface area contributed by atoms with E-state index in [1.807, 2.05) is 19.1 Å². The van der Waals surface area contributed by atoms with Crippen LogP contribution in [-0.4, -0.2) is 14.4 Å². The Balaban J connectivity index is 2.02. The van der Waals surface area contributed by atoms with Crippen molar-refractivity contribution >= 4 is 39.8 Å². The predicted octanol–water partition coefficient (Wildman–Crippen LogP) is 2.56. The van der Waals surface area contributed by atoms with Gasteiger partial charge in [-0.15, -0.1) is 11.3 Å². The first-order valence-electron chi connectivity index (χ1n) is 5.69. The predicted molar refractivity (Wildman–Crippen MR) is 79.8 cm³/mol. The summed E-state index contributed by atoms with van der Waals surface area (Å²) >= 11 is 2.77. The summed E-state index contributed by atoms with van der Waals surface area (Å²) in [5, 5.41) is 9.84. The highest BCUT2D eigenvalue weighted by atomic mass is 32.1. The largest absolute Gasteiger partial charge is 0.269 e. The molecule has 3 aromatic heterocycles. The summed E-state index contributed by atoms with van der Waals surface area (Å²) in [5.74, 6) is 0. The van der Waals surface area contributed by atoms with E-state index in [0.717, 1.165) is 9.88 Å². The standard InChI is InChI=1S/C13H8N4OS2/c1-8-15-6-10(19-8)3-2-9-4-12(18)17-7-11(5-14)20-13(17)16-9/h2-4,6-7H,1H3. The van der Waals surface area contributed by atoms with Crippen molar-refractivity contribution < 1.29 is 0 Å². The van der Waals surface area contributed by atoms with Crippen molar-refractivity contribution in [3.05, 3.63) is 49.3 Å². The Morgan fingerprint density at radius 1 is 1.40 bits per heavy atom. The number of nitrogens with zero attached hydrogens (tertiary/aromatic N) is 4. The molecule has 0 aromatic carbocycles. The van der Waals surface area contributed by atoms with Crippen LogP contribution >= 0.6 is 22.7 Å². The molecule has 3 aromatic rings. The summed E-state index contributed by atoms with van der Waals surface area (Å²) in [5.41, 5.74) is 0.389. The van der Waals surface area contributed by atoms with Crippen LogP contribution in [0.4, 0.5) is 0 Å². The molecule has 0 saturated carbocycles. The van der Waals surface area contributed by atoms with Crippen LogP contribution in [0.2, 0.25) is 0 Å². The van der Waals surface area contributed by atoms with Crippen LogP contribution in [0.5, 0.6) is 0 Å². The molecule has 0 saturated heterocycles. The number of aromatic nitrogens is 3. The zero-order valence-corrected chi connectivity index (χ0v) is 12.0. The van der Waals surface area contributed by atoms with Crippen LogP contribution < -0.4 is 5.56 Å². The molecule has 0 fully saturated rings. The zero-order chi connectivity index (χ0) is 14.1. The van der Waals surface area contributed by atoms with E-state index in [1.54, 1.807) is 23.6 Å². The topological polar surface area (TPSA) is 71.1 Å². The Morgan fingerprint density at radius 3 is 2.95 bits per heavy atom. The van der Waals surface area contributed by atoms with Gasteiger partial charge in [0.1, 0.15) is 10.9 Å². The summed E-state index contributed by atoms with van der Waals surface area (Å²) in [7, 11) is 0. The number of nitriles is 1. The summed E-state index contributed by atoms with van der Waals surface area (Å²) in [4.78, 5) is 22.4. The first kappa shape index (κ1) is 12.7. The number of fused-ring (bicyclic) bond motifs is 1. The second kappa shape index (κ2) is 5.00. The van der Waals surface area contributed by atoms with Gasteiger partial charge >= 0.3 is 0 Å². The highest BCUT2D eigenvalue weighted by Crippen LogP contribution is 2.16. The second-order valence-electron chi connectivity index (χ2n) is 3.99. The van der Waals surface area contributed by atoms with E-state index >= 15 is 0 Å². The minimum Gasteiger partial charge on any atom is -0.269 e. The lowest BCUT2D eigenvalue weighted by molar-refractivity contribution is 1.07. The quantitative estimate of drug-likeness (QED) is 0.729. The third-order valence-corrected chi connectivity index (χ3v) is 4.32. The van der Waals surface area contributed by atoms with E-state index in [-0.39, 0.29) is 5.56 Å². The molecule has 5 nitrogen and oxygen atoms in total. The maximum atomic E-state index is 11.9. The normalized spacial score (nSPS) is 11.2. The number of hydrogen-bond acceptors (Lipinski definition) is 6. The number of rotatable bonds is 2. The third-order valence-electron chi connectivity index (χ3n) is 2.55. The van der Waals surface area contributed by atoms with E-state index in [0.29, 0.717) is 15.5 Å². The average Bonchev–Trinajstić information content (AvgIpc) is 3.02. The summed E-state index contributed by atoms with van der Waals surface area (Å²) in [6.45, 7) is 1.94. The van der Waals surface area contributed by atoms with Crippen molar-refractivity contribution in [3.63, 3.8) is 0 Å². The van der Waals surface area contributed by atoms with Crippen molar-refractivity contribution in [3.8, 4) is 6.07 Å².